The third-order valence-corrected chi connectivity index (χ3v) is 1.66. The summed E-state index contributed by atoms with van der Waals surface area (Å²) in [5, 5.41) is 54.2. The van der Waals surface area contributed by atoms with Crippen LogP contribution in [0.4, 0.5) is 0 Å². The number of nitro groups is 1. The van der Waals surface area contributed by atoms with Crippen molar-refractivity contribution in [1.82, 2.24) is 0 Å². The number of hydrogen-bond donors (Lipinski definition) is 5. The summed E-state index contributed by atoms with van der Waals surface area (Å²) in [4.78, 5) is 9.05. The first kappa shape index (κ1) is 13.2. The lowest BCUT2D eigenvalue weighted by atomic mass is 10.0. The maximum Gasteiger partial charge on any atom is 0.232 e. The lowest BCUT2D eigenvalue weighted by Gasteiger charge is -2.23. The fraction of sp³-hybridized carbons (Fsp3) is 1.00. The quantitative estimate of drug-likeness (QED) is 0.228. The third kappa shape index (κ3) is 3.94. The van der Waals surface area contributed by atoms with E-state index in [2.05, 4.69) is 0 Å². The van der Waals surface area contributed by atoms with E-state index in [1.165, 1.54) is 0 Å². The van der Waals surface area contributed by atoms with Gasteiger partial charge in [-0.05, 0) is 0 Å². The number of rotatable bonds is 6. The molecule has 4 atom stereocenters. The molecule has 0 aromatic rings. The van der Waals surface area contributed by atoms with Crippen molar-refractivity contribution in [3.8, 4) is 0 Å². The Kier molecular flexibility index (Phi) is 5.50. The van der Waals surface area contributed by atoms with Crippen LogP contribution in [0.5, 0.6) is 0 Å². The molecule has 0 aliphatic heterocycles. The Balaban J connectivity index is 4.15. The molecule has 0 fully saturated rings. The lowest BCUT2D eigenvalue weighted by Crippen LogP contribution is -2.47. The fourth-order valence-corrected chi connectivity index (χ4v) is 0.824. The van der Waals surface area contributed by atoms with Gasteiger partial charge in [-0.25, -0.2) is 0 Å². The molecule has 14 heavy (non-hydrogen) atoms. The van der Waals surface area contributed by atoms with Crippen molar-refractivity contribution >= 4 is 0 Å². The normalized spacial score (nSPS) is 19.8. The summed E-state index contributed by atoms with van der Waals surface area (Å²) < 4.78 is 0. The van der Waals surface area contributed by atoms with Crippen LogP contribution in [0.15, 0.2) is 0 Å². The Morgan fingerprint density at radius 1 is 1.07 bits per heavy atom. The molecule has 0 aliphatic carbocycles. The summed E-state index contributed by atoms with van der Waals surface area (Å²) in [6, 6.07) is 0. The van der Waals surface area contributed by atoms with Crippen LogP contribution in [0.3, 0.4) is 0 Å². The largest absolute Gasteiger partial charge is 0.394 e. The molecular formula is C6H13NO7. The molecule has 84 valence electrons. The highest BCUT2D eigenvalue weighted by molar-refractivity contribution is 4.79. The maximum absolute atomic E-state index is 9.92. The van der Waals surface area contributed by atoms with E-state index in [-0.39, 0.29) is 0 Å². The second-order valence-electron chi connectivity index (χ2n) is 2.81. The predicted octanol–water partition coefficient (Wildman–Crippen LogP) is -3.30. The average molecular weight is 211 g/mol. The van der Waals surface area contributed by atoms with E-state index in [9.17, 15) is 10.1 Å². The van der Waals surface area contributed by atoms with Gasteiger partial charge in [-0.1, -0.05) is 0 Å². The van der Waals surface area contributed by atoms with E-state index in [0.29, 0.717) is 0 Å². The van der Waals surface area contributed by atoms with Gasteiger partial charge in [0.1, 0.15) is 24.4 Å². The van der Waals surface area contributed by atoms with Crippen LogP contribution in [0.1, 0.15) is 0 Å². The summed E-state index contributed by atoms with van der Waals surface area (Å²) in [6.45, 7) is -1.76. The van der Waals surface area contributed by atoms with Crippen LogP contribution in [0.2, 0.25) is 0 Å². The molecule has 0 spiro atoms. The van der Waals surface area contributed by atoms with Gasteiger partial charge in [-0.2, -0.15) is 0 Å². The molecule has 8 heteroatoms. The van der Waals surface area contributed by atoms with Gasteiger partial charge in [0.2, 0.25) is 6.54 Å². The van der Waals surface area contributed by atoms with Gasteiger partial charge >= 0.3 is 0 Å². The van der Waals surface area contributed by atoms with Gasteiger partial charge in [0, 0.05) is 4.92 Å². The van der Waals surface area contributed by atoms with E-state index in [1.54, 1.807) is 0 Å². The lowest BCUT2D eigenvalue weighted by molar-refractivity contribution is -0.493. The third-order valence-electron chi connectivity index (χ3n) is 1.66. The molecule has 0 saturated carbocycles. The molecule has 0 rings (SSSR count). The molecule has 0 bridgehead atoms. The van der Waals surface area contributed by atoms with Gasteiger partial charge in [0.25, 0.3) is 0 Å². The molecule has 0 radical (unpaired) electrons. The summed E-state index contributed by atoms with van der Waals surface area (Å²) in [5.41, 5.74) is 0. The van der Waals surface area contributed by atoms with Crippen molar-refractivity contribution < 1.29 is 30.5 Å². The van der Waals surface area contributed by atoms with Crippen LogP contribution in [0, 0.1) is 10.1 Å². The monoisotopic (exact) mass is 211 g/mol. The van der Waals surface area contributed by atoms with Crippen LogP contribution in [-0.2, 0) is 0 Å². The van der Waals surface area contributed by atoms with E-state index >= 15 is 0 Å². The fourth-order valence-electron chi connectivity index (χ4n) is 0.824. The summed E-state index contributed by atoms with van der Waals surface area (Å²) in [7, 11) is 0. The Bertz CT molecular complexity index is 187. The second-order valence-corrected chi connectivity index (χ2v) is 2.81. The molecule has 8 nitrogen and oxygen atoms in total. The molecule has 0 aromatic carbocycles. The van der Waals surface area contributed by atoms with Crippen LogP contribution >= 0.6 is 0 Å². The summed E-state index contributed by atoms with van der Waals surface area (Å²) in [6.07, 6.45) is -7.13. The minimum atomic E-state index is -1.87. The maximum atomic E-state index is 9.92. The summed E-state index contributed by atoms with van der Waals surface area (Å²) in [5.74, 6) is 0. The van der Waals surface area contributed by atoms with Crippen LogP contribution in [-0.4, -0.2) is 68.0 Å². The highest BCUT2D eigenvalue weighted by Gasteiger charge is 2.32. The first-order chi connectivity index (χ1) is 6.40. The second kappa shape index (κ2) is 5.83. The highest BCUT2D eigenvalue weighted by atomic mass is 16.6. The molecule has 0 amide bonds. The van der Waals surface area contributed by atoms with Crippen molar-refractivity contribution in [3.63, 3.8) is 0 Å². The number of nitrogens with zero attached hydrogens (tertiary/aromatic N) is 1. The molecule has 0 aliphatic rings. The van der Waals surface area contributed by atoms with Crippen molar-refractivity contribution in [3.05, 3.63) is 10.1 Å². The van der Waals surface area contributed by atoms with Gasteiger partial charge in [0.15, 0.2) is 0 Å². The van der Waals surface area contributed by atoms with Crippen molar-refractivity contribution in [2.24, 2.45) is 0 Å². The zero-order chi connectivity index (χ0) is 11.3. The van der Waals surface area contributed by atoms with E-state index in [0.717, 1.165) is 0 Å². The number of aliphatic hydroxyl groups excluding tert-OH is 5. The van der Waals surface area contributed by atoms with Crippen LogP contribution < -0.4 is 0 Å². The van der Waals surface area contributed by atoms with E-state index < -0.39 is 42.5 Å². The number of hydrogen-bond acceptors (Lipinski definition) is 7. The first-order valence-electron chi connectivity index (χ1n) is 3.85. The molecular weight excluding hydrogens is 198 g/mol. The highest BCUT2D eigenvalue weighted by Crippen LogP contribution is 2.05. The predicted molar refractivity (Wildman–Crippen MR) is 43.0 cm³/mol. The zero-order valence-corrected chi connectivity index (χ0v) is 7.22. The smallest absolute Gasteiger partial charge is 0.232 e. The van der Waals surface area contributed by atoms with Gasteiger partial charge in [0.05, 0.1) is 6.61 Å². The molecule has 0 heterocycles. The van der Waals surface area contributed by atoms with E-state index in [4.69, 9.17) is 25.5 Å². The van der Waals surface area contributed by atoms with Gasteiger partial charge in [-0.15, -0.1) is 0 Å². The topological polar surface area (TPSA) is 144 Å². The van der Waals surface area contributed by atoms with Crippen molar-refractivity contribution in [2.75, 3.05) is 13.2 Å². The average Bonchev–Trinajstić information content (AvgIpc) is 2.13. The zero-order valence-electron chi connectivity index (χ0n) is 7.22. The number of aliphatic hydroxyl groups is 5. The minimum Gasteiger partial charge on any atom is -0.394 e. The standard InChI is InChI=1S/C6H13NO7/c8-2-4(10)6(12)5(11)3(9)1-7(13)14/h3-6,8-12H,1-2H2/t3-,4+,5+,6+/m0/s1. The van der Waals surface area contributed by atoms with Crippen molar-refractivity contribution in [1.29, 1.82) is 0 Å². The Morgan fingerprint density at radius 3 is 1.86 bits per heavy atom. The van der Waals surface area contributed by atoms with E-state index in [1.807, 2.05) is 0 Å². The summed E-state index contributed by atoms with van der Waals surface area (Å²) >= 11 is 0. The molecule has 0 saturated heterocycles. The van der Waals surface area contributed by atoms with Crippen LogP contribution in [0.25, 0.3) is 0 Å². The Labute approximate surface area is 79.2 Å². The molecule has 0 aromatic heterocycles. The SMILES string of the molecule is O=[N+]([O-])C[C@H](O)[C@@H](O)[C@H](O)[C@H](O)CO. The van der Waals surface area contributed by atoms with Crippen molar-refractivity contribution in [2.45, 2.75) is 24.4 Å². The van der Waals surface area contributed by atoms with Gasteiger partial charge < -0.3 is 25.5 Å². The van der Waals surface area contributed by atoms with Gasteiger partial charge in [-0.3, -0.25) is 10.1 Å². The molecule has 5 N–H and O–H groups in total. The minimum absolute atomic E-state index is 0.816. The molecule has 0 unspecified atom stereocenters. The first-order valence-corrected chi connectivity index (χ1v) is 3.85. The Morgan fingerprint density at radius 2 is 1.50 bits per heavy atom. The Hall–Kier alpha value is -0.800.